The summed E-state index contributed by atoms with van der Waals surface area (Å²) in [6, 6.07) is 9.79. The summed E-state index contributed by atoms with van der Waals surface area (Å²) < 4.78 is 2.18. The minimum Gasteiger partial charge on any atom is -0.508 e. The van der Waals surface area contributed by atoms with Gasteiger partial charge in [0.05, 0.1) is 11.0 Å². The van der Waals surface area contributed by atoms with Crippen LogP contribution in [0.5, 0.6) is 5.75 Å². The van der Waals surface area contributed by atoms with Gasteiger partial charge in [0.2, 0.25) is 0 Å². The van der Waals surface area contributed by atoms with Crippen LogP contribution in [0.25, 0.3) is 32.6 Å². The molecule has 0 radical (unpaired) electrons. The predicted molar refractivity (Wildman–Crippen MR) is 109 cm³/mol. The molecule has 0 unspecified atom stereocenters. The highest BCUT2D eigenvalue weighted by Crippen LogP contribution is 2.36. The van der Waals surface area contributed by atoms with Gasteiger partial charge in [-0.1, -0.05) is 12.1 Å². The SMILES string of the molecule is Cc1cncc2c3c4cc(O)ccc4ccc3n(NCCCN(C)C)c12. The van der Waals surface area contributed by atoms with Crippen molar-refractivity contribution in [3.8, 4) is 5.75 Å². The fourth-order valence-electron chi connectivity index (χ4n) is 3.67. The molecule has 0 atom stereocenters. The number of aryl methyl sites for hydroxylation is 1. The second-order valence-electron chi connectivity index (χ2n) is 7.12. The normalized spacial score (nSPS) is 11.8. The molecule has 0 amide bonds. The molecule has 0 bridgehead atoms. The van der Waals surface area contributed by atoms with Crippen molar-refractivity contribution in [1.29, 1.82) is 0 Å². The van der Waals surface area contributed by atoms with Crippen molar-refractivity contribution < 1.29 is 5.11 Å². The molecule has 0 aliphatic carbocycles. The van der Waals surface area contributed by atoms with Crippen molar-refractivity contribution >= 4 is 32.6 Å². The first-order valence-electron chi connectivity index (χ1n) is 8.95. The number of fused-ring (bicyclic) bond motifs is 5. The van der Waals surface area contributed by atoms with Gasteiger partial charge in [-0.25, -0.2) is 0 Å². The fourth-order valence-corrected chi connectivity index (χ4v) is 3.67. The number of benzene rings is 2. The zero-order chi connectivity index (χ0) is 18.3. The van der Waals surface area contributed by atoms with Crippen LogP contribution in [-0.2, 0) is 0 Å². The van der Waals surface area contributed by atoms with Gasteiger partial charge in [0.15, 0.2) is 0 Å². The quantitative estimate of drug-likeness (QED) is 0.538. The number of aromatic hydroxyl groups is 1. The maximum absolute atomic E-state index is 10.0. The molecular weight excluding hydrogens is 324 g/mol. The molecule has 26 heavy (non-hydrogen) atoms. The number of aromatic nitrogens is 2. The number of hydrogen-bond acceptors (Lipinski definition) is 4. The lowest BCUT2D eigenvalue weighted by molar-refractivity contribution is 0.403. The molecule has 0 spiro atoms. The molecule has 2 aromatic carbocycles. The van der Waals surface area contributed by atoms with Crippen LogP contribution in [0.4, 0.5) is 0 Å². The standard InChI is InChI=1S/C21H24N4O/c1-14-12-22-13-18-20-17-11-16(26)7-5-15(17)6-8-19(20)25(21(14)18)23-9-4-10-24(2)3/h5-8,11-13,23,26H,4,9-10H2,1-3H3. The van der Waals surface area contributed by atoms with E-state index in [1.54, 1.807) is 6.07 Å². The Labute approximate surface area is 152 Å². The Morgan fingerprint density at radius 1 is 1.12 bits per heavy atom. The summed E-state index contributed by atoms with van der Waals surface area (Å²) in [7, 11) is 4.18. The van der Waals surface area contributed by atoms with E-state index >= 15 is 0 Å². The highest BCUT2D eigenvalue weighted by Gasteiger charge is 2.15. The summed E-state index contributed by atoms with van der Waals surface area (Å²) in [5.41, 5.74) is 6.98. The molecule has 0 saturated heterocycles. The van der Waals surface area contributed by atoms with Crippen LogP contribution >= 0.6 is 0 Å². The average molecular weight is 348 g/mol. The molecule has 2 N–H and O–H groups in total. The molecular formula is C21H24N4O. The number of phenols is 1. The lowest BCUT2D eigenvalue weighted by Gasteiger charge is -2.14. The summed E-state index contributed by atoms with van der Waals surface area (Å²) in [5, 5.41) is 14.4. The lowest BCUT2D eigenvalue weighted by Crippen LogP contribution is -2.21. The van der Waals surface area contributed by atoms with Gasteiger partial charge in [0, 0.05) is 29.7 Å². The molecule has 5 nitrogen and oxygen atoms in total. The van der Waals surface area contributed by atoms with Crippen molar-refractivity contribution in [2.75, 3.05) is 32.6 Å². The molecule has 4 rings (SSSR count). The Kier molecular flexibility index (Phi) is 4.17. The monoisotopic (exact) mass is 348 g/mol. The maximum Gasteiger partial charge on any atom is 0.116 e. The van der Waals surface area contributed by atoms with Crippen LogP contribution in [-0.4, -0.2) is 46.9 Å². The van der Waals surface area contributed by atoms with E-state index in [0.29, 0.717) is 0 Å². The smallest absolute Gasteiger partial charge is 0.116 e. The predicted octanol–water partition coefficient (Wildman–Crippen LogP) is 3.85. The minimum absolute atomic E-state index is 0.283. The number of hydrogen-bond donors (Lipinski definition) is 2. The Morgan fingerprint density at radius 2 is 1.92 bits per heavy atom. The van der Waals surface area contributed by atoms with Gasteiger partial charge in [-0.3, -0.25) is 9.66 Å². The summed E-state index contributed by atoms with van der Waals surface area (Å²) >= 11 is 0. The van der Waals surface area contributed by atoms with Gasteiger partial charge in [0.1, 0.15) is 5.75 Å². The second kappa shape index (κ2) is 6.50. The van der Waals surface area contributed by atoms with Crippen molar-refractivity contribution in [1.82, 2.24) is 14.6 Å². The maximum atomic E-state index is 10.0. The van der Waals surface area contributed by atoms with Gasteiger partial charge in [-0.05, 0) is 68.5 Å². The number of nitrogens with zero attached hydrogens (tertiary/aromatic N) is 3. The Hall–Kier alpha value is -2.79. The largest absolute Gasteiger partial charge is 0.508 e. The van der Waals surface area contributed by atoms with Gasteiger partial charge < -0.3 is 15.4 Å². The zero-order valence-corrected chi connectivity index (χ0v) is 15.5. The van der Waals surface area contributed by atoms with Crippen LogP contribution < -0.4 is 5.43 Å². The van der Waals surface area contributed by atoms with E-state index in [9.17, 15) is 5.11 Å². The third-order valence-electron chi connectivity index (χ3n) is 4.87. The summed E-state index contributed by atoms with van der Waals surface area (Å²) in [5.74, 6) is 0.283. The van der Waals surface area contributed by atoms with E-state index in [0.717, 1.165) is 57.7 Å². The number of nitrogens with one attached hydrogen (secondary N) is 1. The van der Waals surface area contributed by atoms with Gasteiger partial charge >= 0.3 is 0 Å². The van der Waals surface area contributed by atoms with Gasteiger partial charge in [0.25, 0.3) is 0 Å². The van der Waals surface area contributed by atoms with E-state index in [1.807, 2.05) is 24.5 Å². The summed E-state index contributed by atoms with van der Waals surface area (Å²) in [6.45, 7) is 4.02. The minimum atomic E-state index is 0.283. The second-order valence-corrected chi connectivity index (χ2v) is 7.12. The number of pyridine rings is 1. The lowest BCUT2D eigenvalue weighted by atomic mass is 10.0. The molecule has 5 heteroatoms. The fraction of sp³-hybridized carbons (Fsp3) is 0.286. The van der Waals surface area contributed by atoms with Crippen molar-refractivity contribution in [3.63, 3.8) is 0 Å². The van der Waals surface area contributed by atoms with E-state index in [4.69, 9.17) is 0 Å². The van der Waals surface area contributed by atoms with E-state index in [2.05, 4.69) is 53.1 Å². The Bertz CT molecular complexity index is 1100. The molecule has 2 aromatic heterocycles. The van der Waals surface area contributed by atoms with Crippen LogP contribution in [0.3, 0.4) is 0 Å². The highest BCUT2D eigenvalue weighted by atomic mass is 16.3. The Balaban J connectivity index is 1.94. The molecule has 0 saturated carbocycles. The van der Waals surface area contributed by atoms with Gasteiger partial charge in [-0.15, -0.1) is 0 Å². The molecule has 0 aliphatic rings. The molecule has 134 valence electrons. The molecule has 0 fully saturated rings. The Morgan fingerprint density at radius 3 is 2.73 bits per heavy atom. The van der Waals surface area contributed by atoms with Crippen molar-refractivity contribution in [2.45, 2.75) is 13.3 Å². The van der Waals surface area contributed by atoms with E-state index in [-0.39, 0.29) is 5.75 Å². The van der Waals surface area contributed by atoms with Crippen LogP contribution in [0.15, 0.2) is 42.7 Å². The third kappa shape index (κ3) is 2.74. The first-order chi connectivity index (χ1) is 12.6. The topological polar surface area (TPSA) is 53.3 Å². The first-order valence-corrected chi connectivity index (χ1v) is 8.95. The third-order valence-corrected chi connectivity index (χ3v) is 4.87. The number of rotatable bonds is 5. The van der Waals surface area contributed by atoms with Crippen LogP contribution in [0.1, 0.15) is 12.0 Å². The van der Waals surface area contributed by atoms with Crippen molar-refractivity contribution in [2.24, 2.45) is 0 Å². The van der Waals surface area contributed by atoms with Crippen molar-refractivity contribution in [3.05, 3.63) is 48.3 Å². The molecule has 2 heterocycles. The van der Waals surface area contributed by atoms with Gasteiger partial charge in [-0.2, -0.15) is 0 Å². The summed E-state index contributed by atoms with van der Waals surface area (Å²) in [6.07, 6.45) is 4.89. The van der Waals surface area contributed by atoms with Crippen LogP contribution in [0.2, 0.25) is 0 Å². The number of phenolic OH excluding ortho intramolecular Hbond substituents is 1. The zero-order valence-electron chi connectivity index (χ0n) is 15.5. The van der Waals surface area contributed by atoms with E-state index < -0.39 is 0 Å². The molecule has 0 aliphatic heterocycles. The van der Waals surface area contributed by atoms with E-state index in [1.165, 1.54) is 0 Å². The average Bonchev–Trinajstić information content (AvgIpc) is 2.94. The summed E-state index contributed by atoms with van der Waals surface area (Å²) in [4.78, 5) is 6.61. The molecule has 4 aromatic rings. The van der Waals surface area contributed by atoms with Crippen LogP contribution in [0, 0.1) is 6.92 Å². The highest BCUT2D eigenvalue weighted by molar-refractivity contribution is 6.21. The first kappa shape index (κ1) is 16.7.